The summed E-state index contributed by atoms with van der Waals surface area (Å²) >= 11 is 0. The number of benzene rings is 2. The minimum absolute atomic E-state index is 0. The first-order valence-electron chi connectivity index (χ1n) is 7.83. The molecule has 130 valence electrons. The van der Waals surface area contributed by atoms with Gasteiger partial charge in [0.25, 0.3) is 0 Å². The van der Waals surface area contributed by atoms with Crippen LogP contribution in [0.2, 0.25) is 0 Å². The maximum Gasteiger partial charge on any atom is 0.228 e. The zero-order valence-electron chi connectivity index (χ0n) is 14.3. The summed E-state index contributed by atoms with van der Waals surface area (Å²) in [5, 5.41) is 5.97. The van der Waals surface area contributed by atoms with Gasteiger partial charge in [0.2, 0.25) is 5.91 Å². The Morgan fingerprint density at radius 3 is 2.54 bits per heavy atom. The average Bonchev–Trinajstić information content (AvgIpc) is 2.56. The van der Waals surface area contributed by atoms with Gasteiger partial charge in [-0.1, -0.05) is 43.3 Å². The fraction of sp³-hybridized carbons (Fsp3) is 0.316. The summed E-state index contributed by atoms with van der Waals surface area (Å²) in [5.74, 6) is 0.565. The summed E-state index contributed by atoms with van der Waals surface area (Å²) in [6.45, 7) is 5.01. The molecule has 0 aliphatic heterocycles. The molecule has 0 spiro atoms. The fourth-order valence-electron chi connectivity index (χ4n) is 2.24. The maximum absolute atomic E-state index is 12.2. The Hall–Kier alpha value is -2.04. The lowest BCUT2D eigenvalue weighted by atomic mass is 10.1. The van der Waals surface area contributed by atoms with Crippen LogP contribution < -0.4 is 15.4 Å². The predicted octanol–water partition coefficient (Wildman–Crippen LogP) is 3.79. The van der Waals surface area contributed by atoms with Gasteiger partial charge in [0.1, 0.15) is 12.4 Å². The lowest BCUT2D eigenvalue weighted by Gasteiger charge is -2.16. The standard InChI is InChI=1S/C19H24N2O2.ClH/c1-14-9-10-17(21-19(22)15(2)12-20-3)18(11-14)23-13-16-7-5-4-6-8-16;/h4-11,15,20H,12-13H2,1-3H3,(H,21,22);1H. The number of rotatable bonds is 7. The molecular weight excluding hydrogens is 324 g/mol. The number of anilines is 1. The molecule has 1 unspecified atom stereocenters. The molecule has 2 rings (SSSR count). The van der Waals surface area contributed by atoms with Gasteiger partial charge in [0.15, 0.2) is 0 Å². The van der Waals surface area contributed by atoms with E-state index in [1.807, 2.05) is 69.4 Å². The molecule has 0 saturated carbocycles. The highest BCUT2D eigenvalue weighted by molar-refractivity contribution is 5.93. The number of halogens is 1. The van der Waals surface area contributed by atoms with Crippen LogP contribution in [0.3, 0.4) is 0 Å². The maximum atomic E-state index is 12.2. The van der Waals surface area contributed by atoms with E-state index in [0.717, 1.165) is 11.1 Å². The van der Waals surface area contributed by atoms with Crippen LogP contribution in [0, 0.1) is 12.8 Å². The van der Waals surface area contributed by atoms with E-state index in [4.69, 9.17) is 4.74 Å². The van der Waals surface area contributed by atoms with E-state index in [1.165, 1.54) is 0 Å². The first kappa shape index (κ1) is 20.0. The van der Waals surface area contributed by atoms with Crippen LogP contribution in [-0.2, 0) is 11.4 Å². The second kappa shape index (κ2) is 9.96. The van der Waals surface area contributed by atoms with Crippen molar-refractivity contribution < 1.29 is 9.53 Å². The smallest absolute Gasteiger partial charge is 0.228 e. The van der Waals surface area contributed by atoms with Crippen LogP contribution in [0.25, 0.3) is 0 Å². The van der Waals surface area contributed by atoms with E-state index in [9.17, 15) is 4.79 Å². The van der Waals surface area contributed by atoms with Crippen LogP contribution in [0.5, 0.6) is 5.75 Å². The Labute approximate surface area is 150 Å². The van der Waals surface area contributed by atoms with Gasteiger partial charge < -0.3 is 15.4 Å². The van der Waals surface area contributed by atoms with E-state index in [2.05, 4.69) is 10.6 Å². The molecule has 4 nitrogen and oxygen atoms in total. The summed E-state index contributed by atoms with van der Waals surface area (Å²) in [4.78, 5) is 12.2. The quantitative estimate of drug-likeness (QED) is 0.800. The molecule has 2 aromatic rings. The Morgan fingerprint density at radius 2 is 1.88 bits per heavy atom. The highest BCUT2D eigenvalue weighted by Gasteiger charge is 2.14. The third kappa shape index (κ3) is 5.87. The number of ether oxygens (including phenoxy) is 1. The van der Waals surface area contributed by atoms with Crippen molar-refractivity contribution in [1.29, 1.82) is 0 Å². The van der Waals surface area contributed by atoms with Gasteiger partial charge in [-0.15, -0.1) is 12.4 Å². The molecule has 0 aliphatic rings. The lowest BCUT2D eigenvalue weighted by molar-refractivity contribution is -0.119. The van der Waals surface area contributed by atoms with Crippen LogP contribution in [-0.4, -0.2) is 19.5 Å². The van der Waals surface area contributed by atoms with Crippen molar-refractivity contribution in [1.82, 2.24) is 5.32 Å². The van der Waals surface area contributed by atoms with Gasteiger partial charge in [-0.3, -0.25) is 4.79 Å². The van der Waals surface area contributed by atoms with Crippen molar-refractivity contribution in [3.05, 3.63) is 59.7 Å². The average molecular weight is 349 g/mol. The van der Waals surface area contributed by atoms with E-state index in [-0.39, 0.29) is 24.2 Å². The zero-order valence-corrected chi connectivity index (χ0v) is 15.2. The molecule has 0 heterocycles. The lowest BCUT2D eigenvalue weighted by Crippen LogP contribution is -2.28. The van der Waals surface area contributed by atoms with Gasteiger partial charge in [0.05, 0.1) is 5.69 Å². The van der Waals surface area contributed by atoms with E-state index < -0.39 is 0 Å². The van der Waals surface area contributed by atoms with Crippen molar-refractivity contribution in [3.63, 3.8) is 0 Å². The van der Waals surface area contributed by atoms with Crippen molar-refractivity contribution in [2.75, 3.05) is 18.9 Å². The molecule has 0 bridgehead atoms. The number of amides is 1. The SMILES string of the molecule is CNCC(C)C(=O)Nc1ccc(C)cc1OCc1ccccc1.Cl. The molecule has 0 aliphatic carbocycles. The summed E-state index contributed by atoms with van der Waals surface area (Å²) in [5.41, 5.74) is 2.89. The number of nitrogens with one attached hydrogen (secondary N) is 2. The predicted molar refractivity (Wildman–Crippen MR) is 101 cm³/mol. The molecule has 0 saturated heterocycles. The molecule has 1 atom stereocenters. The van der Waals surface area contributed by atoms with Crippen molar-refractivity contribution >= 4 is 24.0 Å². The summed E-state index contributed by atoms with van der Waals surface area (Å²) in [6, 6.07) is 15.8. The molecule has 0 aromatic heterocycles. The molecule has 2 aromatic carbocycles. The van der Waals surface area contributed by atoms with Crippen LogP contribution >= 0.6 is 12.4 Å². The van der Waals surface area contributed by atoms with Crippen LogP contribution in [0.1, 0.15) is 18.1 Å². The Morgan fingerprint density at radius 1 is 1.17 bits per heavy atom. The van der Waals surface area contributed by atoms with Crippen LogP contribution in [0.15, 0.2) is 48.5 Å². The highest BCUT2D eigenvalue weighted by Crippen LogP contribution is 2.27. The number of hydrogen-bond donors (Lipinski definition) is 2. The molecule has 0 fully saturated rings. The largest absolute Gasteiger partial charge is 0.487 e. The van der Waals surface area contributed by atoms with Gasteiger partial charge in [-0.25, -0.2) is 0 Å². The topological polar surface area (TPSA) is 50.4 Å². The fourth-order valence-corrected chi connectivity index (χ4v) is 2.24. The zero-order chi connectivity index (χ0) is 16.7. The van der Waals surface area contributed by atoms with Crippen molar-refractivity contribution in [2.24, 2.45) is 5.92 Å². The molecule has 1 amide bonds. The van der Waals surface area contributed by atoms with Gasteiger partial charge in [0, 0.05) is 12.5 Å². The molecule has 0 radical (unpaired) electrons. The number of hydrogen-bond acceptors (Lipinski definition) is 3. The van der Waals surface area contributed by atoms with Gasteiger partial charge in [-0.2, -0.15) is 0 Å². The van der Waals surface area contributed by atoms with E-state index >= 15 is 0 Å². The Kier molecular flexibility index (Phi) is 8.30. The summed E-state index contributed by atoms with van der Waals surface area (Å²) in [6.07, 6.45) is 0. The third-order valence-corrected chi connectivity index (χ3v) is 3.59. The number of carbonyl (C=O) groups is 1. The van der Waals surface area contributed by atoms with Gasteiger partial charge in [-0.05, 0) is 37.2 Å². The third-order valence-electron chi connectivity index (χ3n) is 3.59. The van der Waals surface area contributed by atoms with Crippen molar-refractivity contribution in [3.8, 4) is 5.75 Å². The minimum Gasteiger partial charge on any atom is -0.487 e. The number of aryl methyl sites for hydroxylation is 1. The normalized spacial score (nSPS) is 11.3. The number of carbonyl (C=O) groups excluding carboxylic acids is 1. The van der Waals surface area contributed by atoms with E-state index in [0.29, 0.717) is 24.6 Å². The summed E-state index contributed by atoms with van der Waals surface area (Å²) in [7, 11) is 1.84. The second-order valence-electron chi connectivity index (χ2n) is 5.72. The van der Waals surface area contributed by atoms with Crippen molar-refractivity contribution in [2.45, 2.75) is 20.5 Å². The van der Waals surface area contributed by atoms with E-state index in [1.54, 1.807) is 0 Å². The van der Waals surface area contributed by atoms with Gasteiger partial charge >= 0.3 is 0 Å². The first-order chi connectivity index (χ1) is 11.1. The molecular formula is C19H25ClN2O2. The van der Waals surface area contributed by atoms with Crippen LogP contribution in [0.4, 0.5) is 5.69 Å². The first-order valence-corrected chi connectivity index (χ1v) is 7.83. The Balaban J connectivity index is 0.00000288. The Bertz CT molecular complexity index is 647. The second-order valence-corrected chi connectivity index (χ2v) is 5.72. The highest BCUT2D eigenvalue weighted by atomic mass is 35.5. The minimum atomic E-state index is -0.108. The monoisotopic (exact) mass is 348 g/mol. The molecule has 2 N–H and O–H groups in total. The molecule has 24 heavy (non-hydrogen) atoms. The molecule has 5 heteroatoms. The summed E-state index contributed by atoms with van der Waals surface area (Å²) < 4.78 is 5.91.